The normalized spacial score (nSPS) is 31.1. The van der Waals surface area contributed by atoms with E-state index < -0.39 is 0 Å². The third kappa shape index (κ3) is 2.34. The molecule has 1 aromatic rings. The molecule has 24 heavy (non-hydrogen) atoms. The van der Waals surface area contributed by atoms with E-state index in [0.717, 1.165) is 37.4 Å². The molecule has 3 atom stereocenters. The minimum atomic E-state index is -0.0942. The van der Waals surface area contributed by atoms with E-state index in [4.69, 9.17) is 19.3 Å². The monoisotopic (exact) mass is 331 g/mol. The summed E-state index contributed by atoms with van der Waals surface area (Å²) >= 11 is 0. The van der Waals surface area contributed by atoms with Crippen molar-refractivity contribution in [2.45, 2.75) is 37.0 Å². The first-order chi connectivity index (χ1) is 11.7. The van der Waals surface area contributed by atoms with Crippen LogP contribution in [0.3, 0.4) is 0 Å². The van der Waals surface area contributed by atoms with Crippen LogP contribution < -0.4 is 9.47 Å². The Morgan fingerprint density at radius 2 is 2.29 bits per heavy atom. The molecule has 1 aliphatic carbocycles. The summed E-state index contributed by atoms with van der Waals surface area (Å²) in [4.78, 5) is 2.37. The van der Waals surface area contributed by atoms with E-state index in [-0.39, 0.29) is 24.2 Å². The minimum Gasteiger partial charge on any atom is -0.493 e. The molecule has 1 spiro atoms. The van der Waals surface area contributed by atoms with Crippen molar-refractivity contribution in [3.05, 3.63) is 35.4 Å². The molecule has 0 aromatic heterocycles. The fourth-order valence-electron chi connectivity index (χ4n) is 4.39. The predicted molar refractivity (Wildman–Crippen MR) is 90.6 cm³/mol. The quantitative estimate of drug-likeness (QED) is 0.854. The van der Waals surface area contributed by atoms with E-state index in [2.05, 4.69) is 30.2 Å². The van der Waals surface area contributed by atoms with Crippen LogP contribution in [0.4, 0.5) is 0 Å². The Bertz CT molecular complexity index is 659. The van der Waals surface area contributed by atoms with Crippen molar-refractivity contribution >= 4 is 0 Å². The minimum absolute atomic E-state index is 0.00230. The molecule has 5 heteroatoms. The van der Waals surface area contributed by atoms with Crippen molar-refractivity contribution < 1.29 is 19.3 Å². The maximum absolute atomic E-state index is 9.00. The number of ether oxygens (including phenoxy) is 3. The summed E-state index contributed by atoms with van der Waals surface area (Å²) < 4.78 is 17.7. The first-order valence-electron chi connectivity index (χ1n) is 8.65. The summed E-state index contributed by atoms with van der Waals surface area (Å²) in [5.74, 6) is 1.72. The van der Waals surface area contributed by atoms with Crippen LogP contribution in [-0.2, 0) is 16.7 Å². The first-order valence-corrected chi connectivity index (χ1v) is 8.65. The maximum atomic E-state index is 9.00. The second-order valence-electron chi connectivity index (χ2n) is 6.99. The number of aliphatic hydroxyl groups excluding tert-OH is 1. The largest absolute Gasteiger partial charge is 0.493 e. The molecule has 0 saturated carbocycles. The molecule has 0 bridgehead atoms. The lowest BCUT2D eigenvalue weighted by Crippen LogP contribution is -2.43. The van der Waals surface area contributed by atoms with Gasteiger partial charge in [-0.05, 0) is 31.6 Å². The maximum Gasteiger partial charge on any atom is 0.166 e. The first kappa shape index (κ1) is 15.9. The Morgan fingerprint density at radius 3 is 3.08 bits per heavy atom. The van der Waals surface area contributed by atoms with Gasteiger partial charge in [0.05, 0.1) is 31.8 Å². The highest BCUT2D eigenvalue weighted by Gasteiger charge is 2.52. The van der Waals surface area contributed by atoms with Crippen LogP contribution in [0.1, 0.15) is 24.0 Å². The molecule has 0 saturated heterocycles. The summed E-state index contributed by atoms with van der Waals surface area (Å²) in [6.07, 6.45) is 6.33. The zero-order chi connectivity index (χ0) is 16.7. The summed E-state index contributed by atoms with van der Waals surface area (Å²) in [5.41, 5.74) is 2.53. The van der Waals surface area contributed by atoms with Crippen molar-refractivity contribution in [3.8, 4) is 11.5 Å². The molecule has 4 rings (SSSR count). The topological polar surface area (TPSA) is 51.2 Å². The lowest BCUT2D eigenvalue weighted by atomic mass is 9.69. The average Bonchev–Trinajstić information content (AvgIpc) is 2.85. The van der Waals surface area contributed by atoms with Gasteiger partial charge in [0.1, 0.15) is 6.10 Å². The second kappa shape index (κ2) is 6.06. The number of nitrogens with zero attached hydrogens (tertiary/aromatic N) is 1. The molecule has 2 aliphatic heterocycles. The lowest BCUT2D eigenvalue weighted by molar-refractivity contribution is 0.0125. The number of hydrogen-bond donors (Lipinski definition) is 1. The molecular formula is C19H25NO4. The molecule has 1 N–H and O–H groups in total. The molecule has 2 unspecified atom stereocenters. The van der Waals surface area contributed by atoms with Gasteiger partial charge in [-0.3, -0.25) is 0 Å². The Labute approximate surface area is 142 Å². The van der Waals surface area contributed by atoms with E-state index in [1.807, 2.05) is 6.07 Å². The van der Waals surface area contributed by atoms with Gasteiger partial charge >= 0.3 is 0 Å². The zero-order valence-electron chi connectivity index (χ0n) is 14.3. The Hall–Kier alpha value is -1.56. The summed E-state index contributed by atoms with van der Waals surface area (Å²) in [7, 11) is 3.87. The van der Waals surface area contributed by atoms with Gasteiger partial charge in [-0.1, -0.05) is 18.2 Å². The van der Waals surface area contributed by atoms with E-state index >= 15 is 0 Å². The van der Waals surface area contributed by atoms with Gasteiger partial charge in [0.2, 0.25) is 0 Å². The zero-order valence-corrected chi connectivity index (χ0v) is 14.3. The molecule has 0 radical (unpaired) electrons. The van der Waals surface area contributed by atoms with Crippen LogP contribution in [0.2, 0.25) is 0 Å². The Balaban J connectivity index is 1.78. The van der Waals surface area contributed by atoms with Gasteiger partial charge in [-0.2, -0.15) is 0 Å². The number of aliphatic hydroxyl groups is 1. The van der Waals surface area contributed by atoms with E-state index in [0.29, 0.717) is 6.61 Å². The number of rotatable bonds is 4. The van der Waals surface area contributed by atoms with E-state index in [1.54, 1.807) is 7.11 Å². The summed E-state index contributed by atoms with van der Waals surface area (Å²) in [6.45, 7) is 2.37. The van der Waals surface area contributed by atoms with E-state index in [1.165, 1.54) is 11.1 Å². The lowest BCUT2D eigenvalue weighted by Gasteiger charge is -2.37. The highest BCUT2D eigenvalue weighted by molar-refractivity contribution is 5.60. The molecular weight excluding hydrogens is 306 g/mol. The molecule has 130 valence electrons. The smallest absolute Gasteiger partial charge is 0.166 e. The third-order valence-electron chi connectivity index (χ3n) is 5.55. The summed E-state index contributed by atoms with van der Waals surface area (Å²) in [6, 6.07) is 4.19. The van der Waals surface area contributed by atoms with Crippen LogP contribution in [0.5, 0.6) is 11.5 Å². The van der Waals surface area contributed by atoms with E-state index in [9.17, 15) is 0 Å². The number of hydrogen-bond acceptors (Lipinski definition) is 5. The van der Waals surface area contributed by atoms with Crippen molar-refractivity contribution in [1.82, 2.24) is 4.90 Å². The van der Waals surface area contributed by atoms with Gasteiger partial charge in [-0.25, -0.2) is 0 Å². The summed E-state index contributed by atoms with van der Waals surface area (Å²) in [5, 5.41) is 9.00. The van der Waals surface area contributed by atoms with Crippen LogP contribution >= 0.6 is 0 Å². The number of methoxy groups -OCH3 is 1. The van der Waals surface area contributed by atoms with Crippen molar-refractivity contribution in [3.63, 3.8) is 0 Å². The molecule has 0 amide bonds. The third-order valence-corrected chi connectivity index (χ3v) is 5.55. The van der Waals surface area contributed by atoms with Gasteiger partial charge in [0.25, 0.3) is 0 Å². The second-order valence-corrected chi connectivity index (χ2v) is 6.99. The average molecular weight is 331 g/mol. The fraction of sp³-hybridized carbons (Fsp3) is 0.579. The van der Waals surface area contributed by atoms with Crippen LogP contribution in [0, 0.1) is 0 Å². The Morgan fingerprint density at radius 1 is 1.42 bits per heavy atom. The standard InChI is InChI=1S/C19H25NO4/c1-20-8-7-19-6-5-14(23-10-9-21)11-16(19)24-18-15(22-2)4-3-13(12-20)17(18)19/h3-6,14,16,21H,7-12H2,1-2H3/t14-,16?,19?/m0/s1. The molecule has 3 aliphatic rings. The molecule has 5 nitrogen and oxygen atoms in total. The SMILES string of the molecule is COc1ccc2c3c1OC1C[C@@H](OCCO)C=CC31CCN(C)C2. The van der Waals surface area contributed by atoms with Crippen LogP contribution in [-0.4, -0.2) is 56.1 Å². The molecule has 0 fully saturated rings. The number of benzene rings is 1. The molecule has 2 heterocycles. The Kier molecular flexibility index (Phi) is 4.03. The van der Waals surface area contributed by atoms with Gasteiger partial charge in [0.15, 0.2) is 11.5 Å². The highest BCUT2D eigenvalue weighted by atomic mass is 16.5. The fourth-order valence-corrected chi connectivity index (χ4v) is 4.39. The molecule has 1 aromatic carbocycles. The van der Waals surface area contributed by atoms with Gasteiger partial charge < -0.3 is 24.2 Å². The predicted octanol–water partition coefficient (Wildman–Crippen LogP) is 1.87. The van der Waals surface area contributed by atoms with Crippen LogP contribution in [0.15, 0.2) is 24.3 Å². The van der Waals surface area contributed by atoms with Crippen LogP contribution in [0.25, 0.3) is 0 Å². The highest BCUT2D eigenvalue weighted by Crippen LogP contribution is 2.55. The van der Waals surface area contributed by atoms with Gasteiger partial charge in [-0.15, -0.1) is 0 Å². The van der Waals surface area contributed by atoms with Crippen molar-refractivity contribution in [2.75, 3.05) is 33.9 Å². The van der Waals surface area contributed by atoms with Crippen molar-refractivity contribution in [1.29, 1.82) is 0 Å². The van der Waals surface area contributed by atoms with Gasteiger partial charge in [0, 0.05) is 18.5 Å². The van der Waals surface area contributed by atoms with Crippen molar-refractivity contribution in [2.24, 2.45) is 0 Å².